The topological polar surface area (TPSA) is 86.9 Å². The smallest absolute Gasteiger partial charge is 0.407 e. The molecule has 0 bridgehead atoms. The van der Waals surface area contributed by atoms with Gasteiger partial charge >= 0.3 is 6.09 Å². The molecule has 0 radical (unpaired) electrons. The third-order valence-corrected chi connectivity index (χ3v) is 3.09. The normalized spacial score (nSPS) is 10.5. The van der Waals surface area contributed by atoms with Gasteiger partial charge in [0, 0.05) is 18.5 Å². The first kappa shape index (κ1) is 14.7. The van der Waals surface area contributed by atoms with E-state index < -0.39 is 11.9 Å². The van der Waals surface area contributed by atoms with Crippen LogP contribution in [-0.2, 0) is 11.3 Å². The molecule has 8 nitrogen and oxygen atoms in total. The average Bonchev–Trinajstić information content (AvgIpc) is 3.24. The maximum absolute atomic E-state index is 14.2. The van der Waals surface area contributed by atoms with Gasteiger partial charge in [-0.05, 0) is 18.2 Å². The zero-order valence-electron chi connectivity index (χ0n) is 12.2. The highest BCUT2D eigenvalue weighted by Crippen LogP contribution is 2.16. The molecule has 23 heavy (non-hydrogen) atoms. The van der Waals surface area contributed by atoms with E-state index in [2.05, 4.69) is 25.5 Å². The number of amides is 1. The van der Waals surface area contributed by atoms with Crippen molar-refractivity contribution >= 4 is 6.09 Å². The number of nitrogens with one attached hydrogen (secondary N) is 1. The quantitative estimate of drug-likeness (QED) is 0.787. The average molecular weight is 316 g/mol. The number of hydrogen-bond acceptors (Lipinski definition) is 5. The van der Waals surface area contributed by atoms with Crippen LogP contribution >= 0.6 is 0 Å². The van der Waals surface area contributed by atoms with E-state index in [1.54, 1.807) is 36.8 Å². The second-order valence-electron chi connectivity index (χ2n) is 4.59. The van der Waals surface area contributed by atoms with Crippen molar-refractivity contribution in [2.24, 2.45) is 0 Å². The van der Waals surface area contributed by atoms with Crippen molar-refractivity contribution in [3.63, 3.8) is 0 Å². The van der Waals surface area contributed by atoms with Crippen LogP contribution in [0.5, 0.6) is 0 Å². The second-order valence-corrected chi connectivity index (χ2v) is 4.59. The number of alkyl carbamates (subject to hydrolysis) is 1. The van der Waals surface area contributed by atoms with Crippen LogP contribution in [0.3, 0.4) is 0 Å². The fraction of sp³-hybridized carbons (Fsp3) is 0.143. The standard InChI is InChI=1S/C14H13FN6O2/c1-23-14(22)16-8-10-9-21(19-18-10)11-3-4-13(12(15)7-11)20-6-2-5-17-20/h2-7,9H,8H2,1H3,(H,16,22). The van der Waals surface area contributed by atoms with Gasteiger partial charge in [0.2, 0.25) is 0 Å². The Balaban J connectivity index is 1.79. The fourth-order valence-corrected chi connectivity index (χ4v) is 1.98. The van der Waals surface area contributed by atoms with Gasteiger partial charge in [-0.2, -0.15) is 5.10 Å². The van der Waals surface area contributed by atoms with Crippen LogP contribution < -0.4 is 5.32 Å². The van der Waals surface area contributed by atoms with Gasteiger partial charge in [-0.3, -0.25) is 0 Å². The van der Waals surface area contributed by atoms with E-state index >= 15 is 0 Å². The Morgan fingerprint density at radius 2 is 2.26 bits per heavy atom. The zero-order valence-corrected chi connectivity index (χ0v) is 12.2. The molecule has 1 N–H and O–H groups in total. The van der Waals surface area contributed by atoms with Gasteiger partial charge in [-0.25, -0.2) is 18.5 Å². The first-order valence-corrected chi connectivity index (χ1v) is 6.70. The van der Waals surface area contributed by atoms with E-state index in [-0.39, 0.29) is 6.54 Å². The molecular formula is C14H13FN6O2. The van der Waals surface area contributed by atoms with Gasteiger partial charge in [0.1, 0.15) is 11.4 Å². The number of carbonyl (C=O) groups is 1. The molecule has 9 heteroatoms. The Labute approximate surface area is 130 Å². The summed E-state index contributed by atoms with van der Waals surface area (Å²) in [4.78, 5) is 11.0. The highest BCUT2D eigenvalue weighted by atomic mass is 19.1. The summed E-state index contributed by atoms with van der Waals surface area (Å²) in [6.07, 6.45) is 4.27. The van der Waals surface area contributed by atoms with Crippen molar-refractivity contribution in [2.75, 3.05) is 7.11 Å². The number of methoxy groups -OCH3 is 1. The summed E-state index contributed by atoms with van der Waals surface area (Å²) in [5, 5.41) is 14.3. The molecule has 0 saturated heterocycles. The summed E-state index contributed by atoms with van der Waals surface area (Å²) in [7, 11) is 1.27. The number of halogens is 1. The minimum absolute atomic E-state index is 0.167. The van der Waals surface area contributed by atoms with E-state index in [1.165, 1.54) is 22.5 Å². The van der Waals surface area contributed by atoms with Crippen molar-refractivity contribution in [1.82, 2.24) is 30.1 Å². The van der Waals surface area contributed by atoms with Gasteiger partial charge in [0.15, 0.2) is 5.82 Å². The lowest BCUT2D eigenvalue weighted by molar-refractivity contribution is 0.170. The van der Waals surface area contributed by atoms with E-state index in [4.69, 9.17) is 0 Å². The van der Waals surface area contributed by atoms with Crippen molar-refractivity contribution in [3.05, 3.63) is 54.4 Å². The molecule has 1 amide bonds. The third kappa shape index (κ3) is 3.18. The molecule has 2 aromatic heterocycles. The van der Waals surface area contributed by atoms with Crippen molar-refractivity contribution in [1.29, 1.82) is 0 Å². The minimum atomic E-state index is -0.561. The van der Waals surface area contributed by atoms with Crippen LogP contribution in [0, 0.1) is 5.82 Å². The molecule has 118 valence electrons. The van der Waals surface area contributed by atoms with Crippen LogP contribution in [0.15, 0.2) is 42.9 Å². The lowest BCUT2D eigenvalue weighted by Gasteiger charge is -2.05. The van der Waals surface area contributed by atoms with Crippen LogP contribution in [0.2, 0.25) is 0 Å². The van der Waals surface area contributed by atoms with Gasteiger partial charge in [0.25, 0.3) is 0 Å². The van der Waals surface area contributed by atoms with Gasteiger partial charge in [-0.1, -0.05) is 5.21 Å². The fourth-order valence-electron chi connectivity index (χ4n) is 1.98. The molecule has 0 unspecified atom stereocenters. The number of hydrogen-bond donors (Lipinski definition) is 1. The van der Waals surface area contributed by atoms with Crippen molar-refractivity contribution < 1.29 is 13.9 Å². The van der Waals surface area contributed by atoms with Crippen LogP contribution in [0.1, 0.15) is 5.69 Å². The molecule has 0 fully saturated rings. The molecular weight excluding hydrogens is 303 g/mol. The number of aromatic nitrogens is 5. The number of rotatable bonds is 4. The Kier molecular flexibility index (Phi) is 4.00. The second kappa shape index (κ2) is 6.26. The first-order chi connectivity index (χ1) is 11.2. The molecule has 2 heterocycles. The molecule has 0 aliphatic carbocycles. The van der Waals surface area contributed by atoms with E-state index in [9.17, 15) is 9.18 Å². The van der Waals surface area contributed by atoms with Crippen LogP contribution in [0.4, 0.5) is 9.18 Å². The third-order valence-electron chi connectivity index (χ3n) is 3.09. The maximum atomic E-state index is 14.2. The predicted octanol–water partition coefficient (Wildman–Crippen LogP) is 1.45. The van der Waals surface area contributed by atoms with Crippen molar-refractivity contribution in [2.45, 2.75) is 6.54 Å². The summed E-state index contributed by atoms with van der Waals surface area (Å²) in [6, 6.07) is 6.35. The lowest BCUT2D eigenvalue weighted by atomic mass is 10.2. The Morgan fingerprint density at radius 3 is 2.96 bits per heavy atom. The maximum Gasteiger partial charge on any atom is 0.407 e. The van der Waals surface area contributed by atoms with E-state index in [0.717, 1.165) is 0 Å². The number of nitrogens with zero attached hydrogens (tertiary/aromatic N) is 5. The predicted molar refractivity (Wildman–Crippen MR) is 77.7 cm³/mol. The van der Waals surface area contributed by atoms with Crippen LogP contribution in [0.25, 0.3) is 11.4 Å². The number of carbonyl (C=O) groups excluding carboxylic acids is 1. The summed E-state index contributed by atoms with van der Waals surface area (Å²) in [6.45, 7) is 0.167. The van der Waals surface area contributed by atoms with Gasteiger partial charge < -0.3 is 10.1 Å². The molecule has 3 rings (SSSR count). The molecule has 1 aromatic carbocycles. The van der Waals surface area contributed by atoms with E-state index in [0.29, 0.717) is 17.1 Å². The zero-order chi connectivity index (χ0) is 16.2. The Morgan fingerprint density at radius 1 is 1.39 bits per heavy atom. The summed E-state index contributed by atoms with van der Waals surface area (Å²) < 4.78 is 21.5. The lowest BCUT2D eigenvalue weighted by Crippen LogP contribution is -2.22. The highest BCUT2D eigenvalue weighted by molar-refractivity contribution is 5.66. The minimum Gasteiger partial charge on any atom is -0.453 e. The molecule has 0 aliphatic rings. The Bertz CT molecular complexity index is 815. The summed E-state index contributed by atoms with van der Waals surface area (Å²) >= 11 is 0. The first-order valence-electron chi connectivity index (χ1n) is 6.70. The van der Waals surface area contributed by atoms with Gasteiger partial charge in [-0.15, -0.1) is 5.10 Å². The summed E-state index contributed by atoms with van der Waals surface area (Å²) in [5.41, 5.74) is 1.37. The summed E-state index contributed by atoms with van der Waals surface area (Å²) in [5.74, 6) is -0.434. The highest BCUT2D eigenvalue weighted by Gasteiger charge is 2.09. The monoisotopic (exact) mass is 316 g/mol. The SMILES string of the molecule is COC(=O)NCc1cn(-c2ccc(-n3cccn3)c(F)c2)nn1. The van der Waals surface area contributed by atoms with Crippen molar-refractivity contribution in [3.8, 4) is 11.4 Å². The molecule has 0 atom stereocenters. The molecule has 0 spiro atoms. The molecule has 0 saturated carbocycles. The van der Waals surface area contributed by atoms with E-state index in [1.807, 2.05) is 0 Å². The largest absolute Gasteiger partial charge is 0.453 e. The number of benzene rings is 1. The number of ether oxygens (including phenoxy) is 1. The van der Waals surface area contributed by atoms with Gasteiger partial charge in [0.05, 0.1) is 25.5 Å². The van der Waals surface area contributed by atoms with Crippen LogP contribution in [-0.4, -0.2) is 38.0 Å². The molecule has 3 aromatic rings. The Hall–Kier alpha value is -3.23. The molecule has 0 aliphatic heterocycles.